The van der Waals surface area contributed by atoms with E-state index < -0.39 is 0 Å². The molecule has 1 fully saturated rings. The number of rotatable bonds is 4. The Morgan fingerprint density at radius 2 is 1.79 bits per heavy atom. The monoisotopic (exact) mass is 521 g/mol. The quantitative estimate of drug-likeness (QED) is 0.567. The van der Waals surface area contributed by atoms with E-state index in [-0.39, 0.29) is 11.9 Å². The fourth-order valence-electron chi connectivity index (χ4n) is 3.66. The number of carbonyl (C=O) groups excluding carboxylic acids is 1. The van der Waals surface area contributed by atoms with E-state index in [2.05, 4.69) is 56.9 Å². The predicted molar refractivity (Wildman–Crippen MR) is 119 cm³/mol. The number of nitrogens with zero attached hydrogens (tertiary/aromatic N) is 6. The molecule has 10 heteroatoms. The summed E-state index contributed by atoms with van der Waals surface area (Å²) >= 11 is 6.95. The molecule has 1 unspecified atom stereocenters. The van der Waals surface area contributed by atoms with Crippen LogP contribution in [0.25, 0.3) is 11.0 Å². The van der Waals surface area contributed by atoms with E-state index in [1.165, 1.54) is 6.33 Å². The first-order valence-electron chi connectivity index (χ1n) is 9.26. The maximum absolute atomic E-state index is 13.3. The second kappa shape index (κ2) is 8.37. The Morgan fingerprint density at radius 3 is 2.45 bits per heavy atom. The van der Waals surface area contributed by atoms with Crippen LogP contribution in [0, 0.1) is 0 Å². The number of fused-ring (bicyclic) bond motifs is 1. The van der Waals surface area contributed by atoms with Crippen LogP contribution in [0.4, 0.5) is 5.82 Å². The number of nitrogens with one attached hydrogen (secondary N) is 1. The Hall–Kier alpha value is -2.04. The minimum atomic E-state index is -0.302. The van der Waals surface area contributed by atoms with Gasteiger partial charge in [0.15, 0.2) is 5.65 Å². The molecule has 0 aliphatic carbocycles. The lowest BCUT2D eigenvalue weighted by atomic mass is 10.0. The Bertz CT molecular complexity index is 1010. The molecule has 1 aromatic carbocycles. The lowest BCUT2D eigenvalue weighted by Gasteiger charge is -2.38. The SMILES string of the molecule is CN(C)C(C(=O)N1CCN(c2ncnc3n[nH]c(Br)c23)CC1)c1ccc(Br)cc1. The van der Waals surface area contributed by atoms with Gasteiger partial charge in [0.25, 0.3) is 0 Å². The number of piperazine rings is 1. The molecule has 3 heterocycles. The Labute approximate surface area is 185 Å². The molecular formula is C19H21Br2N7O. The zero-order chi connectivity index (χ0) is 20.5. The van der Waals surface area contributed by atoms with Crippen LogP contribution in [0.2, 0.25) is 0 Å². The Morgan fingerprint density at radius 1 is 1.10 bits per heavy atom. The van der Waals surface area contributed by atoms with Crippen molar-refractivity contribution in [3.8, 4) is 0 Å². The van der Waals surface area contributed by atoms with Gasteiger partial charge in [0.05, 0.1) is 5.39 Å². The molecule has 1 aliphatic rings. The average molecular weight is 523 g/mol. The van der Waals surface area contributed by atoms with Crippen LogP contribution in [-0.2, 0) is 4.79 Å². The molecule has 152 valence electrons. The largest absolute Gasteiger partial charge is 0.352 e. The summed E-state index contributed by atoms with van der Waals surface area (Å²) in [5.41, 5.74) is 1.62. The maximum atomic E-state index is 13.3. The van der Waals surface area contributed by atoms with Gasteiger partial charge >= 0.3 is 0 Å². The van der Waals surface area contributed by atoms with Crippen molar-refractivity contribution in [3.05, 3.63) is 45.2 Å². The Kier molecular flexibility index (Phi) is 5.84. The molecule has 2 aromatic heterocycles. The van der Waals surface area contributed by atoms with Gasteiger partial charge in [-0.25, -0.2) is 9.97 Å². The summed E-state index contributed by atoms with van der Waals surface area (Å²) in [5.74, 6) is 0.953. The van der Waals surface area contributed by atoms with Crippen molar-refractivity contribution in [1.29, 1.82) is 0 Å². The smallest absolute Gasteiger partial charge is 0.244 e. The zero-order valence-corrected chi connectivity index (χ0v) is 19.3. The van der Waals surface area contributed by atoms with E-state index in [1.54, 1.807) is 0 Å². The molecule has 0 radical (unpaired) electrons. The highest BCUT2D eigenvalue weighted by Gasteiger charge is 2.31. The average Bonchev–Trinajstić information content (AvgIpc) is 3.11. The summed E-state index contributed by atoms with van der Waals surface area (Å²) in [5, 5.41) is 7.94. The number of amides is 1. The maximum Gasteiger partial charge on any atom is 0.244 e. The van der Waals surface area contributed by atoms with Gasteiger partial charge < -0.3 is 9.80 Å². The summed E-state index contributed by atoms with van der Waals surface area (Å²) in [6.45, 7) is 2.69. The fraction of sp³-hybridized carbons (Fsp3) is 0.368. The molecule has 0 saturated carbocycles. The van der Waals surface area contributed by atoms with Gasteiger partial charge in [-0.2, -0.15) is 5.10 Å². The van der Waals surface area contributed by atoms with Crippen molar-refractivity contribution in [2.45, 2.75) is 6.04 Å². The minimum absolute atomic E-state index is 0.120. The fourth-order valence-corrected chi connectivity index (χ4v) is 4.37. The molecule has 29 heavy (non-hydrogen) atoms. The van der Waals surface area contributed by atoms with Crippen molar-refractivity contribution >= 4 is 54.6 Å². The third-order valence-electron chi connectivity index (χ3n) is 5.11. The number of aromatic amines is 1. The number of benzene rings is 1. The first-order chi connectivity index (χ1) is 14.0. The van der Waals surface area contributed by atoms with Crippen LogP contribution < -0.4 is 4.90 Å². The van der Waals surface area contributed by atoms with Gasteiger partial charge in [-0.15, -0.1) is 0 Å². The molecule has 0 spiro atoms. The third-order valence-corrected chi connectivity index (χ3v) is 6.22. The second-order valence-corrected chi connectivity index (χ2v) is 8.87. The number of carbonyl (C=O) groups is 1. The lowest BCUT2D eigenvalue weighted by Crippen LogP contribution is -2.51. The molecule has 1 aliphatic heterocycles. The molecule has 8 nitrogen and oxygen atoms in total. The Balaban J connectivity index is 1.50. The number of likely N-dealkylation sites (N-methyl/N-ethyl adjacent to an activating group) is 1. The van der Waals surface area contributed by atoms with E-state index in [0.717, 1.165) is 25.8 Å². The zero-order valence-electron chi connectivity index (χ0n) is 16.1. The number of H-pyrrole nitrogens is 1. The molecule has 1 saturated heterocycles. The van der Waals surface area contributed by atoms with E-state index in [1.807, 2.05) is 48.2 Å². The van der Waals surface area contributed by atoms with Crippen molar-refractivity contribution in [2.75, 3.05) is 45.2 Å². The first-order valence-corrected chi connectivity index (χ1v) is 10.8. The highest BCUT2D eigenvalue weighted by Crippen LogP contribution is 2.29. The van der Waals surface area contributed by atoms with Crippen LogP contribution in [0.1, 0.15) is 11.6 Å². The van der Waals surface area contributed by atoms with Crippen molar-refractivity contribution in [3.63, 3.8) is 0 Å². The van der Waals surface area contributed by atoms with Gasteiger partial charge in [0, 0.05) is 30.7 Å². The van der Waals surface area contributed by atoms with Crippen molar-refractivity contribution in [1.82, 2.24) is 30.0 Å². The van der Waals surface area contributed by atoms with E-state index in [0.29, 0.717) is 31.8 Å². The van der Waals surface area contributed by atoms with Crippen LogP contribution in [0.3, 0.4) is 0 Å². The summed E-state index contributed by atoms with van der Waals surface area (Å²) in [6.07, 6.45) is 1.53. The van der Waals surface area contributed by atoms with Crippen molar-refractivity contribution in [2.24, 2.45) is 0 Å². The highest BCUT2D eigenvalue weighted by atomic mass is 79.9. The van der Waals surface area contributed by atoms with E-state index in [9.17, 15) is 4.79 Å². The normalized spacial score (nSPS) is 15.9. The molecule has 1 N–H and O–H groups in total. The minimum Gasteiger partial charge on any atom is -0.352 e. The van der Waals surface area contributed by atoms with Gasteiger partial charge in [0.1, 0.15) is 22.8 Å². The molecule has 4 rings (SSSR count). The van der Waals surface area contributed by atoms with Crippen LogP contribution in [0.15, 0.2) is 39.7 Å². The van der Waals surface area contributed by atoms with Gasteiger partial charge in [-0.3, -0.25) is 14.8 Å². The summed E-state index contributed by atoms with van der Waals surface area (Å²) in [6, 6.07) is 7.64. The number of hydrogen-bond donors (Lipinski definition) is 1. The van der Waals surface area contributed by atoms with Gasteiger partial charge in [-0.1, -0.05) is 28.1 Å². The molecule has 3 aromatic rings. The first kappa shape index (κ1) is 20.2. The van der Waals surface area contributed by atoms with E-state index >= 15 is 0 Å². The number of aromatic nitrogens is 4. The van der Waals surface area contributed by atoms with Gasteiger partial charge in [-0.05, 0) is 47.7 Å². The highest BCUT2D eigenvalue weighted by molar-refractivity contribution is 9.10. The summed E-state index contributed by atoms with van der Waals surface area (Å²) in [7, 11) is 3.88. The topological polar surface area (TPSA) is 81.2 Å². The molecular weight excluding hydrogens is 502 g/mol. The number of hydrogen-bond acceptors (Lipinski definition) is 6. The summed E-state index contributed by atoms with van der Waals surface area (Å²) in [4.78, 5) is 28.0. The number of halogens is 2. The number of anilines is 1. The van der Waals surface area contributed by atoms with Gasteiger partial charge in [0.2, 0.25) is 5.91 Å². The third kappa shape index (κ3) is 4.01. The van der Waals surface area contributed by atoms with Crippen LogP contribution >= 0.6 is 31.9 Å². The standard InChI is InChI=1S/C19H21Br2N7O/c1-26(2)15(12-3-5-13(20)6-4-12)19(29)28-9-7-27(8-10-28)18-14-16(21)24-25-17(14)22-11-23-18/h3-6,11,15H,7-10H2,1-2H3,(H,22,23,24,25). The molecule has 1 atom stereocenters. The van der Waals surface area contributed by atoms with E-state index in [4.69, 9.17) is 0 Å². The van der Waals surface area contributed by atoms with Crippen LogP contribution in [-0.4, -0.2) is 76.1 Å². The predicted octanol–water partition coefficient (Wildman–Crippen LogP) is 2.83. The molecule has 0 bridgehead atoms. The summed E-state index contributed by atoms with van der Waals surface area (Å²) < 4.78 is 1.77. The van der Waals surface area contributed by atoms with Crippen molar-refractivity contribution < 1.29 is 4.79 Å². The second-order valence-electron chi connectivity index (χ2n) is 7.16. The molecule has 1 amide bonds. The van der Waals surface area contributed by atoms with Crippen LogP contribution in [0.5, 0.6) is 0 Å². The lowest BCUT2D eigenvalue weighted by molar-refractivity contribution is -0.136.